The van der Waals surface area contributed by atoms with Gasteiger partial charge < -0.3 is 4.42 Å². The largest absolute Gasteiger partial charge is 0.419 e. The normalized spacial score (nSPS) is 12.6. The zero-order chi connectivity index (χ0) is 15.6. The monoisotopic (exact) mass is 323 g/mol. The van der Waals surface area contributed by atoms with E-state index >= 15 is 0 Å². The van der Waals surface area contributed by atoms with Gasteiger partial charge in [0.15, 0.2) is 10.8 Å². The molecule has 3 heterocycles. The molecule has 0 saturated carbocycles. The Morgan fingerprint density at radius 1 is 0.957 bits per heavy atom. The predicted molar refractivity (Wildman–Crippen MR) is 87.0 cm³/mol. The summed E-state index contributed by atoms with van der Waals surface area (Å²) >= 11 is 1.53. The number of nitrogens with zero attached hydrogens (tertiary/aromatic N) is 5. The third kappa shape index (κ3) is 2.70. The van der Waals surface area contributed by atoms with Gasteiger partial charge in [-0.1, -0.05) is 36.0 Å². The average molecular weight is 323 g/mol. The number of hydrogen-bond donors (Lipinski definition) is 0. The van der Waals surface area contributed by atoms with E-state index in [1.165, 1.54) is 11.8 Å². The molecule has 4 aromatic rings. The second kappa shape index (κ2) is 5.85. The molecule has 3 aromatic heterocycles. The second-order valence-corrected chi connectivity index (χ2v) is 6.29. The molecule has 0 saturated heterocycles. The summed E-state index contributed by atoms with van der Waals surface area (Å²) in [6, 6.07) is 15.5. The Bertz CT molecular complexity index is 934. The molecule has 0 fully saturated rings. The second-order valence-electron chi connectivity index (χ2n) is 4.98. The zero-order valence-electron chi connectivity index (χ0n) is 12.3. The molecule has 0 unspecified atom stereocenters. The molecule has 1 atom stereocenters. The van der Waals surface area contributed by atoms with Gasteiger partial charge in [0.25, 0.3) is 0 Å². The summed E-state index contributed by atoms with van der Waals surface area (Å²) in [6.45, 7) is 2.01. The van der Waals surface area contributed by atoms with Gasteiger partial charge in [-0.05, 0) is 31.2 Å². The Balaban J connectivity index is 1.58. The maximum atomic E-state index is 5.79. The van der Waals surface area contributed by atoms with E-state index in [-0.39, 0.29) is 5.25 Å². The molecule has 114 valence electrons. The first kappa shape index (κ1) is 14.0. The van der Waals surface area contributed by atoms with Crippen molar-refractivity contribution in [3.8, 4) is 11.5 Å². The fourth-order valence-electron chi connectivity index (χ4n) is 2.20. The summed E-state index contributed by atoms with van der Waals surface area (Å²) in [5.74, 6) is 1.10. The Labute approximate surface area is 136 Å². The minimum Gasteiger partial charge on any atom is -0.419 e. The number of aromatic nitrogens is 5. The summed E-state index contributed by atoms with van der Waals surface area (Å²) in [5, 5.41) is 17.4. The van der Waals surface area contributed by atoms with Crippen LogP contribution in [0.5, 0.6) is 0 Å². The fraction of sp³-hybridized carbons (Fsp3) is 0.125. The molecule has 0 aliphatic heterocycles. The van der Waals surface area contributed by atoms with E-state index in [4.69, 9.17) is 4.42 Å². The van der Waals surface area contributed by atoms with Crippen LogP contribution in [0.4, 0.5) is 0 Å². The van der Waals surface area contributed by atoms with E-state index in [0.29, 0.717) is 11.8 Å². The van der Waals surface area contributed by atoms with Crippen molar-refractivity contribution in [3.05, 3.63) is 60.6 Å². The van der Waals surface area contributed by atoms with Gasteiger partial charge >= 0.3 is 0 Å². The van der Waals surface area contributed by atoms with E-state index in [1.54, 1.807) is 0 Å². The molecule has 0 aliphatic rings. The van der Waals surface area contributed by atoms with Gasteiger partial charge in [0, 0.05) is 11.8 Å². The van der Waals surface area contributed by atoms with Crippen LogP contribution in [-0.2, 0) is 0 Å². The lowest BCUT2D eigenvalue weighted by Crippen LogP contribution is -1.92. The van der Waals surface area contributed by atoms with Crippen molar-refractivity contribution in [1.82, 2.24) is 24.8 Å². The number of pyridine rings is 1. The first-order valence-corrected chi connectivity index (χ1v) is 8.04. The molecule has 4 rings (SSSR count). The van der Waals surface area contributed by atoms with Crippen molar-refractivity contribution in [3.63, 3.8) is 0 Å². The van der Waals surface area contributed by atoms with Crippen molar-refractivity contribution >= 4 is 17.4 Å². The van der Waals surface area contributed by atoms with E-state index in [9.17, 15) is 0 Å². The Morgan fingerprint density at radius 3 is 2.65 bits per heavy atom. The minimum absolute atomic E-state index is 0.0208. The highest BCUT2D eigenvalue weighted by Crippen LogP contribution is 2.34. The van der Waals surface area contributed by atoms with Gasteiger partial charge in [0.05, 0.1) is 5.25 Å². The molecule has 0 spiro atoms. The lowest BCUT2D eigenvalue weighted by atomic mass is 10.2. The Kier molecular flexibility index (Phi) is 3.55. The topological polar surface area (TPSA) is 69.1 Å². The van der Waals surface area contributed by atoms with Gasteiger partial charge in [-0.15, -0.1) is 20.4 Å². The Hall–Kier alpha value is -2.67. The zero-order valence-corrected chi connectivity index (χ0v) is 13.1. The third-order valence-electron chi connectivity index (χ3n) is 3.37. The van der Waals surface area contributed by atoms with Gasteiger partial charge in [-0.3, -0.25) is 4.40 Å². The summed E-state index contributed by atoms with van der Waals surface area (Å²) in [5.41, 5.74) is 1.73. The highest BCUT2D eigenvalue weighted by molar-refractivity contribution is 7.99. The number of hydrogen-bond acceptors (Lipinski definition) is 6. The molecule has 0 amide bonds. The van der Waals surface area contributed by atoms with Crippen molar-refractivity contribution in [2.45, 2.75) is 17.3 Å². The lowest BCUT2D eigenvalue weighted by Gasteiger charge is -2.04. The summed E-state index contributed by atoms with van der Waals surface area (Å²) in [7, 11) is 0. The summed E-state index contributed by atoms with van der Waals surface area (Å²) in [6.07, 6.45) is 1.94. The molecule has 0 N–H and O–H groups in total. The predicted octanol–water partition coefficient (Wildman–Crippen LogP) is 3.63. The summed E-state index contributed by atoms with van der Waals surface area (Å²) in [4.78, 5) is 0. The van der Waals surface area contributed by atoms with Gasteiger partial charge in [-0.25, -0.2) is 0 Å². The van der Waals surface area contributed by atoms with Crippen LogP contribution in [0.3, 0.4) is 0 Å². The number of thioether (sulfide) groups is 1. The van der Waals surface area contributed by atoms with Gasteiger partial charge in [-0.2, -0.15) is 0 Å². The first-order valence-electron chi connectivity index (χ1n) is 7.16. The van der Waals surface area contributed by atoms with Crippen LogP contribution in [0, 0.1) is 0 Å². The van der Waals surface area contributed by atoms with Crippen LogP contribution in [0.2, 0.25) is 0 Å². The molecule has 0 bridgehead atoms. The number of rotatable bonds is 4. The maximum absolute atomic E-state index is 5.79. The smallest absolute Gasteiger partial charge is 0.247 e. The maximum Gasteiger partial charge on any atom is 0.247 e. The van der Waals surface area contributed by atoms with Crippen LogP contribution in [0.1, 0.15) is 18.1 Å². The molecule has 0 radical (unpaired) electrons. The van der Waals surface area contributed by atoms with Crippen LogP contribution < -0.4 is 0 Å². The van der Waals surface area contributed by atoms with Crippen molar-refractivity contribution < 1.29 is 4.42 Å². The first-order chi connectivity index (χ1) is 11.3. The molecule has 1 aromatic carbocycles. The molecule has 0 aliphatic carbocycles. The number of benzene rings is 1. The SMILES string of the molecule is C[C@H](Sc1nnc2ccccn12)c1nnc(-c2ccccc2)o1. The molecule has 7 heteroatoms. The van der Waals surface area contributed by atoms with E-state index < -0.39 is 0 Å². The minimum atomic E-state index is -0.0208. The van der Waals surface area contributed by atoms with Crippen LogP contribution in [-0.4, -0.2) is 24.8 Å². The van der Waals surface area contributed by atoms with E-state index in [1.807, 2.05) is 66.1 Å². The molecular weight excluding hydrogens is 310 g/mol. The highest BCUT2D eigenvalue weighted by Gasteiger charge is 2.18. The van der Waals surface area contributed by atoms with Crippen LogP contribution in [0.15, 0.2) is 64.3 Å². The standard InChI is InChI=1S/C16H13N5OS/c1-11(23-16-20-17-13-9-5-6-10-21(13)16)14-18-19-15(22-14)12-7-3-2-4-8-12/h2-11H,1H3/t11-/m0/s1. The van der Waals surface area contributed by atoms with Crippen LogP contribution in [0.25, 0.3) is 17.1 Å². The Morgan fingerprint density at radius 2 is 1.78 bits per heavy atom. The molecule has 6 nitrogen and oxygen atoms in total. The van der Waals surface area contributed by atoms with Crippen molar-refractivity contribution in [2.24, 2.45) is 0 Å². The fourth-order valence-corrected chi connectivity index (χ4v) is 3.07. The third-order valence-corrected chi connectivity index (χ3v) is 4.42. The lowest BCUT2D eigenvalue weighted by molar-refractivity contribution is 0.509. The molecular formula is C16H13N5OS. The molecule has 23 heavy (non-hydrogen) atoms. The quantitative estimate of drug-likeness (QED) is 0.534. The van der Waals surface area contributed by atoms with Crippen LogP contribution >= 0.6 is 11.8 Å². The number of fused-ring (bicyclic) bond motifs is 1. The van der Waals surface area contributed by atoms with E-state index in [2.05, 4.69) is 20.4 Å². The summed E-state index contributed by atoms with van der Waals surface area (Å²) < 4.78 is 7.73. The highest BCUT2D eigenvalue weighted by atomic mass is 32.2. The van der Waals surface area contributed by atoms with Gasteiger partial charge in [0.1, 0.15) is 0 Å². The van der Waals surface area contributed by atoms with Crippen molar-refractivity contribution in [2.75, 3.05) is 0 Å². The van der Waals surface area contributed by atoms with E-state index in [0.717, 1.165) is 16.4 Å². The average Bonchev–Trinajstić information content (AvgIpc) is 3.24. The van der Waals surface area contributed by atoms with Gasteiger partial charge in [0.2, 0.25) is 11.8 Å². The van der Waals surface area contributed by atoms with Crippen molar-refractivity contribution in [1.29, 1.82) is 0 Å².